The molecular formula is C19H32N2. The second-order valence-corrected chi connectivity index (χ2v) is 6.79. The molecule has 1 aliphatic carbocycles. The summed E-state index contributed by atoms with van der Waals surface area (Å²) in [5, 5.41) is 3.57. The fourth-order valence-corrected chi connectivity index (χ4v) is 3.82. The molecule has 1 aromatic heterocycles. The Morgan fingerprint density at radius 1 is 1.29 bits per heavy atom. The second-order valence-electron chi connectivity index (χ2n) is 6.79. The van der Waals surface area contributed by atoms with Crippen molar-refractivity contribution >= 4 is 0 Å². The van der Waals surface area contributed by atoms with E-state index in [9.17, 15) is 0 Å². The first-order valence-electron chi connectivity index (χ1n) is 8.82. The molecule has 0 bridgehead atoms. The zero-order valence-electron chi connectivity index (χ0n) is 14.1. The quantitative estimate of drug-likeness (QED) is 0.798. The molecule has 2 rings (SSSR count). The van der Waals surface area contributed by atoms with Crippen molar-refractivity contribution in [3.63, 3.8) is 0 Å². The van der Waals surface area contributed by atoms with E-state index in [-0.39, 0.29) is 0 Å². The SMILES string of the molecule is CCCCC1CCC(C(Cc2ncccc2C)NC)CC1. The van der Waals surface area contributed by atoms with Crippen LogP contribution in [0.2, 0.25) is 0 Å². The van der Waals surface area contributed by atoms with E-state index in [1.165, 1.54) is 56.2 Å². The third-order valence-electron chi connectivity index (χ3n) is 5.33. The Kier molecular flexibility index (Phi) is 6.69. The summed E-state index contributed by atoms with van der Waals surface area (Å²) in [5.41, 5.74) is 2.60. The molecule has 0 spiro atoms. The first-order chi connectivity index (χ1) is 10.2. The monoisotopic (exact) mass is 288 g/mol. The van der Waals surface area contributed by atoms with Gasteiger partial charge in [0.05, 0.1) is 0 Å². The summed E-state index contributed by atoms with van der Waals surface area (Å²) in [5.74, 6) is 1.82. The average Bonchev–Trinajstić information content (AvgIpc) is 2.53. The molecule has 1 aliphatic rings. The van der Waals surface area contributed by atoms with E-state index >= 15 is 0 Å². The van der Waals surface area contributed by atoms with Crippen molar-refractivity contribution in [3.8, 4) is 0 Å². The number of nitrogens with zero attached hydrogens (tertiary/aromatic N) is 1. The van der Waals surface area contributed by atoms with Crippen LogP contribution in [0, 0.1) is 18.8 Å². The van der Waals surface area contributed by atoms with E-state index in [1.54, 1.807) is 0 Å². The molecule has 0 saturated heterocycles. The lowest BCUT2D eigenvalue weighted by Crippen LogP contribution is -2.38. The van der Waals surface area contributed by atoms with Crippen molar-refractivity contribution in [2.24, 2.45) is 11.8 Å². The molecule has 1 N–H and O–H groups in total. The lowest BCUT2D eigenvalue weighted by molar-refractivity contribution is 0.215. The Bertz CT molecular complexity index is 408. The second kappa shape index (κ2) is 8.53. The molecule has 1 fully saturated rings. The van der Waals surface area contributed by atoms with Gasteiger partial charge in [-0.1, -0.05) is 45.1 Å². The molecule has 2 heteroatoms. The average molecular weight is 288 g/mol. The maximum absolute atomic E-state index is 4.58. The zero-order chi connectivity index (χ0) is 15.1. The van der Waals surface area contributed by atoms with Gasteiger partial charge in [0.25, 0.3) is 0 Å². The highest BCUT2D eigenvalue weighted by atomic mass is 14.9. The van der Waals surface area contributed by atoms with Gasteiger partial charge in [0.2, 0.25) is 0 Å². The molecular weight excluding hydrogens is 256 g/mol. The first kappa shape index (κ1) is 16.5. The Balaban J connectivity index is 1.86. The lowest BCUT2D eigenvalue weighted by Gasteiger charge is -2.34. The van der Waals surface area contributed by atoms with E-state index in [2.05, 4.69) is 37.3 Å². The standard InChI is InChI=1S/C19H32N2/c1-4-5-8-16-9-11-17(12-10-16)19(20-3)14-18-15(2)7-6-13-21-18/h6-7,13,16-17,19-20H,4-5,8-12,14H2,1-3H3. The normalized spacial score (nSPS) is 24.0. The third kappa shape index (κ3) is 4.81. The van der Waals surface area contributed by atoms with Crippen molar-refractivity contribution in [2.45, 2.75) is 71.3 Å². The van der Waals surface area contributed by atoms with Gasteiger partial charge < -0.3 is 5.32 Å². The molecule has 0 aromatic carbocycles. The van der Waals surface area contributed by atoms with E-state index in [4.69, 9.17) is 0 Å². The smallest absolute Gasteiger partial charge is 0.0448 e. The van der Waals surface area contributed by atoms with Gasteiger partial charge in [0, 0.05) is 24.4 Å². The highest BCUT2D eigenvalue weighted by Crippen LogP contribution is 2.34. The van der Waals surface area contributed by atoms with Gasteiger partial charge in [-0.15, -0.1) is 0 Å². The van der Waals surface area contributed by atoms with E-state index in [1.807, 2.05) is 12.3 Å². The van der Waals surface area contributed by atoms with Crippen LogP contribution >= 0.6 is 0 Å². The lowest BCUT2D eigenvalue weighted by atomic mass is 9.76. The van der Waals surface area contributed by atoms with Crippen LogP contribution in [0.1, 0.15) is 63.1 Å². The van der Waals surface area contributed by atoms with Gasteiger partial charge >= 0.3 is 0 Å². The molecule has 21 heavy (non-hydrogen) atoms. The van der Waals surface area contributed by atoms with Crippen LogP contribution in [0.5, 0.6) is 0 Å². The van der Waals surface area contributed by atoms with Crippen LogP contribution < -0.4 is 5.32 Å². The maximum atomic E-state index is 4.58. The van der Waals surface area contributed by atoms with Crippen LogP contribution in [0.4, 0.5) is 0 Å². The summed E-state index contributed by atoms with van der Waals surface area (Å²) < 4.78 is 0. The first-order valence-corrected chi connectivity index (χ1v) is 8.82. The van der Waals surface area contributed by atoms with Gasteiger partial charge in [-0.2, -0.15) is 0 Å². The van der Waals surface area contributed by atoms with Gasteiger partial charge in [0.15, 0.2) is 0 Å². The summed E-state index contributed by atoms with van der Waals surface area (Å²) in [4.78, 5) is 4.58. The van der Waals surface area contributed by atoms with Crippen LogP contribution in [0.3, 0.4) is 0 Å². The number of aromatic nitrogens is 1. The summed E-state index contributed by atoms with van der Waals surface area (Å²) in [6.07, 6.45) is 12.9. The van der Waals surface area contributed by atoms with Crippen LogP contribution in [-0.4, -0.2) is 18.1 Å². The minimum atomic E-state index is 0.589. The Morgan fingerprint density at radius 3 is 2.67 bits per heavy atom. The van der Waals surface area contributed by atoms with Crippen molar-refractivity contribution in [2.75, 3.05) is 7.05 Å². The fourth-order valence-electron chi connectivity index (χ4n) is 3.82. The molecule has 118 valence electrons. The van der Waals surface area contributed by atoms with Gasteiger partial charge in [0.1, 0.15) is 0 Å². The summed E-state index contributed by atoms with van der Waals surface area (Å²) in [7, 11) is 2.12. The van der Waals surface area contributed by atoms with Crippen LogP contribution in [0.15, 0.2) is 18.3 Å². The number of hydrogen-bond acceptors (Lipinski definition) is 2. The number of hydrogen-bond donors (Lipinski definition) is 1. The fraction of sp³-hybridized carbons (Fsp3) is 0.737. The van der Waals surface area contributed by atoms with E-state index < -0.39 is 0 Å². The summed E-state index contributed by atoms with van der Waals surface area (Å²) >= 11 is 0. The molecule has 0 radical (unpaired) electrons. The number of rotatable bonds is 7. The Morgan fingerprint density at radius 2 is 2.05 bits per heavy atom. The van der Waals surface area contributed by atoms with Crippen LogP contribution in [-0.2, 0) is 6.42 Å². The topological polar surface area (TPSA) is 24.9 Å². The van der Waals surface area contributed by atoms with Crippen molar-refractivity contribution in [3.05, 3.63) is 29.6 Å². The van der Waals surface area contributed by atoms with Crippen molar-refractivity contribution in [1.29, 1.82) is 0 Å². The van der Waals surface area contributed by atoms with Gasteiger partial charge in [-0.3, -0.25) is 4.98 Å². The Labute approximate surface area is 130 Å². The molecule has 1 atom stereocenters. The van der Waals surface area contributed by atoms with Crippen molar-refractivity contribution < 1.29 is 0 Å². The predicted octanol–water partition coefficient (Wildman–Crippen LogP) is 4.52. The molecule has 2 nitrogen and oxygen atoms in total. The number of unbranched alkanes of at least 4 members (excludes halogenated alkanes) is 1. The number of aryl methyl sites for hydroxylation is 1. The molecule has 0 amide bonds. The third-order valence-corrected chi connectivity index (χ3v) is 5.33. The highest BCUT2D eigenvalue weighted by Gasteiger charge is 2.27. The molecule has 0 aliphatic heterocycles. The molecule has 1 heterocycles. The maximum Gasteiger partial charge on any atom is 0.0448 e. The molecule has 1 saturated carbocycles. The Hall–Kier alpha value is -0.890. The number of nitrogens with one attached hydrogen (secondary N) is 1. The minimum Gasteiger partial charge on any atom is -0.316 e. The highest BCUT2D eigenvalue weighted by molar-refractivity contribution is 5.18. The van der Waals surface area contributed by atoms with Gasteiger partial charge in [-0.25, -0.2) is 0 Å². The van der Waals surface area contributed by atoms with Gasteiger partial charge in [-0.05, 0) is 50.3 Å². The predicted molar refractivity (Wildman–Crippen MR) is 90.5 cm³/mol. The summed E-state index contributed by atoms with van der Waals surface area (Å²) in [6, 6.07) is 4.80. The molecule has 1 unspecified atom stereocenters. The molecule has 1 aromatic rings. The van der Waals surface area contributed by atoms with Crippen molar-refractivity contribution in [1.82, 2.24) is 10.3 Å². The van der Waals surface area contributed by atoms with Crippen LogP contribution in [0.25, 0.3) is 0 Å². The summed E-state index contributed by atoms with van der Waals surface area (Å²) in [6.45, 7) is 4.48. The van der Waals surface area contributed by atoms with E-state index in [0.717, 1.165) is 18.3 Å². The minimum absolute atomic E-state index is 0.589. The number of pyridine rings is 1. The number of likely N-dealkylation sites (N-methyl/N-ethyl adjacent to an activating group) is 1. The van der Waals surface area contributed by atoms with E-state index in [0.29, 0.717) is 6.04 Å². The zero-order valence-corrected chi connectivity index (χ0v) is 14.1. The largest absolute Gasteiger partial charge is 0.316 e.